The fourth-order valence-corrected chi connectivity index (χ4v) is 1.29. The molecule has 0 fully saturated rings. The monoisotopic (exact) mass is 224 g/mol. The summed E-state index contributed by atoms with van der Waals surface area (Å²) >= 11 is 0. The van der Waals surface area contributed by atoms with Crippen LogP contribution in [-0.4, -0.2) is 9.78 Å². The van der Waals surface area contributed by atoms with E-state index < -0.39 is 29.6 Å². The average Bonchev–Trinajstić information content (AvgIpc) is 2.45. The predicted octanol–water partition coefficient (Wildman–Crippen LogP) is 3.51. The molecule has 0 aliphatic rings. The molecule has 0 aromatic carbocycles. The van der Waals surface area contributed by atoms with E-state index in [4.69, 9.17) is 0 Å². The molecule has 0 N–H and O–H groups in total. The Morgan fingerprint density at radius 1 is 1.13 bits per heavy atom. The summed E-state index contributed by atoms with van der Waals surface area (Å²) in [5, 5.41) is 3.59. The van der Waals surface area contributed by atoms with Gasteiger partial charge in [0.2, 0.25) is 0 Å². The first kappa shape index (κ1) is 12.0. The number of rotatable bonds is 2. The van der Waals surface area contributed by atoms with E-state index in [1.54, 1.807) is 20.8 Å². The van der Waals surface area contributed by atoms with E-state index >= 15 is 0 Å². The Bertz CT molecular complexity index is 338. The predicted molar refractivity (Wildman–Crippen MR) is 47.1 cm³/mol. The molecule has 0 amide bonds. The van der Waals surface area contributed by atoms with Crippen LogP contribution in [0.15, 0.2) is 6.20 Å². The van der Waals surface area contributed by atoms with Gasteiger partial charge in [-0.2, -0.15) is 5.10 Å². The van der Waals surface area contributed by atoms with E-state index in [1.165, 1.54) is 0 Å². The van der Waals surface area contributed by atoms with E-state index in [1.807, 2.05) is 0 Å². The van der Waals surface area contributed by atoms with Gasteiger partial charge in [0.05, 0.1) is 17.3 Å². The average molecular weight is 224 g/mol. The van der Waals surface area contributed by atoms with Crippen molar-refractivity contribution in [3.05, 3.63) is 17.5 Å². The quantitative estimate of drug-likeness (QED) is 0.703. The summed E-state index contributed by atoms with van der Waals surface area (Å²) in [5.74, 6) is 0. The highest BCUT2D eigenvalue weighted by molar-refractivity contribution is 5.21. The Hall–Kier alpha value is -1.07. The Balaban J connectivity index is 3.31. The van der Waals surface area contributed by atoms with Crippen molar-refractivity contribution in [1.82, 2.24) is 9.78 Å². The molecule has 0 saturated carbocycles. The molecule has 0 saturated heterocycles. The highest BCUT2D eigenvalue weighted by atomic mass is 19.3. The minimum absolute atomic E-state index is 0.695. The molecule has 1 aromatic rings. The van der Waals surface area contributed by atoms with E-state index in [0.717, 1.165) is 10.9 Å². The zero-order valence-corrected chi connectivity index (χ0v) is 8.64. The summed E-state index contributed by atoms with van der Waals surface area (Å²) in [6.07, 6.45) is -5.07. The Kier molecular flexibility index (Phi) is 3.06. The van der Waals surface area contributed by atoms with E-state index in [-0.39, 0.29) is 0 Å². The van der Waals surface area contributed by atoms with Crippen molar-refractivity contribution in [2.24, 2.45) is 0 Å². The second-order valence-corrected chi connectivity index (χ2v) is 4.17. The van der Waals surface area contributed by atoms with Gasteiger partial charge in [-0.25, -0.2) is 17.6 Å². The molecular formula is C9H12F4N2. The Labute approximate surface area is 84.9 Å². The summed E-state index contributed by atoms with van der Waals surface area (Å²) in [4.78, 5) is 0. The molecule has 1 aromatic heterocycles. The van der Waals surface area contributed by atoms with Crippen molar-refractivity contribution in [3.8, 4) is 0 Å². The van der Waals surface area contributed by atoms with Crippen molar-refractivity contribution in [2.75, 3.05) is 0 Å². The Morgan fingerprint density at radius 2 is 1.67 bits per heavy atom. The number of halogens is 4. The number of aromatic nitrogens is 2. The van der Waals surface area contributed by atoms with E-state index in [9.17, 15) is 17.6 Å². The molecule has 0 bridgehead atoms. The van der Waals surface area contributed by atoms with Crippen molar-refractivity contribution >= 4 is 0 Å². The van der Waals surface area contributed by atoms with Gasteiger partial charge in [0.1, 0.15) is 5.69 Å². The van der Waals surface area contributed by atoms with Crippen LogP contribution >= 0.6 is 0 Å². The van der Waals surface area contributed by atoms with Gasteiger partial charge in [-0.3, -0.25) is 4.68 Å². The van der Waals surface area contributed by atoms with Crippen LogP contribution in [0.2, 0.25) is 0 Å². The lowest BCUT2D eigenvalue weighted by atomic mass is 10.1. The van der Waals surface area contributed by atoms with Gasteiger partial charge in [0, 0.05) is 0 Å². The molecule has 1 rings (SSSR count). The van der Waals surface area contributed by atoms with Crippen molar-refractivity contribution in [1.29, 1.82) is 0 Å². The van der Waals surface area contributed by atoms with Crippen LogP contribution in [0.1, 0.15) is 44.9 Å². The summed E-state index contributed by atoms with van der Waals surface area (Å²) in [5.41, 5.74) is -2.13. The standard InChI is InChI=1S/C9H12F4N2/c1-9(2,3)15-6(8(12)13)5(4-14-15)7(10)11/h4,7-8H,1-3H3. The number of hydrogen-bond acceptors (Lipinski definition) is 1. The van der Waals surface area contributed by atoms with Gasteiger partial charge in [-0.15, -0.1) is 0 Å². The second-order valence-electron chi connectivity index (χ2n) is 4.17. The molecule has 0 unspecified atom stereocenters. The fourth-order valence-electron chi connectivity index (χ4n) is 1.29. The first-order chi connectivity index (χ1) is 6.75. The minimum Gasteiger partial charge on any atom is -0.258 e. The third-order valence-electron chi connectivity index (χ3n) is 1.91. The second kappa shape index (κ2) is 3.83. The van der Waals surface area contributed by atoms with E-state index in [2.05, 4.69) is 5.10 Å². The fraction of sp³-hybridized carbons (Fsp3) is 0.667. The highest BCUT2D eigenvalue weighted by Gasteiger charge is 2.29. The Morgan fingerprint density at radius 3 is 2.00 bits per heavy atom. The molecule has 2 nitrogen and oxygen atoms in total. The van der Waals surface area contributed by atoms with E-state index in [0.29, 0.717) is 0 Å². The summed E-state index contributed by atoms with van der Waals surface area (Å²) < 4.78 is 51.0. The van der Waals surface area contributed by atoms with Crippen LogP contribution in [0.4, 0.5) is 17.6 Å². The maximum absolute atomic E-state index is 12.6. The molecule has 0 atom stereocenters. The maximum atomic E-state index is 12.6. The third-order valence-corrected chi connectivity index (χ3v) is 1.91. The van der Waals surface area contributed by atoms with Gasteiger partial charge in [0.25, 0.3) is 12.9 Å². The molecule has 0 aliphatic heterocycles. The van der Waals surface area contributed by atoms with Crippen molar-refractivity contribution in [2.45, 2.75) is 39.2 Å². The van der Waals surface area contributed by atoms with Crippen LogP contribution in [0, 0.1) is 0 Å². The van der Waals surface area contributed by atoms with Crippen molar-refractivity contribution in [3.63, 3.8) is 0 Å². The molecule has 0 aliphatic carbocycles. The molecule has 0 radical (unpaired) electrons. The molecule has 15 heavy (non-hydrogen) atoms. The lowest BCUT2D eigenvalue weighted by Crippen LogP contribution is -2.25. The van der Waals surface area contributed by atoms with Crippen LogP contribution in [0.5, 0.6) is 0 Å². The lowest BCUT2D eigenvalue weighted by Gasteiger charge is -2.22. The topological polar surface area (TPSA) is 17.8 Å². The molecule has 1 heterocycles. The minimum atomic E-state index is -2.95. The number of nitrogens with zero attached hydrogens (tertiary/aromatic N) is 2. The number of alkyl halides is 4. The summed E-state index contributed by atoms with van der Waals surface area (Å²) in [6, 6.07) is 0. The summed E-state index contributed by atoms with van der Waals surface area (Å²) in [6.45, 7) is 4.88. The van der Waals surface area contributed by atoms with Gasteiger partial charge < -0.3 is 0 Å². The molecular weight excluding hydrogens is 212 g/mol. The molecule has 6 heteroatoms. The number of hydrogen-bond donors (Lipinski definition) is 0. The first-order valence-corrected chi connectivity index (χ1v) is 4.39. The zero-order valence-electron chi connectivity index (χ0n) is 8.64. The van der Waals surface area contributed by atoms with Crippen molar-refractivity contribution < 1.29 is 17.6 Å². The third kappa shape index (κ3) is 2.30. The van der Waals surface area contributed by atoms with Crippen LogP contribution in [0.25, 0.3) is 0 Å². The van der Waals surface area contributed by atoms with Crippen LogP contribution < -0.4 is 0 Å². The lowest BCUT2D eigenvalue weighted by molar-refractivity contribution is 0.111. The maximum Gasteiger partial charge on any atom is 0.280 e. The largest absolute Gasteiger partial charge is 0.280 e. The smallest absolute Gasteiger partial charge is 0.258 e. The van der Waals surface area contributed by atoms with Gasteiger partial charge in [0.15, 0.2) is 0 Å². The van der Waals surface area contributed by atoms with Crippen LogP contribution in [-0.2, 0) is 5.54 Å². The van der Waals surface area contributed by atoms with Gasteiger partial charge in [-0.1, -0.05) is 0 Å². The van der Waals surface area contributed by atoms with Gasteiger partial charge in [-0.05, 0) is 20.8 Å². The zero-order chi connectivity index (χ0) is 11.8. The summed E-state index contributed by atoms with van der Waals surface area (Å²) in [7, 11) is 0. The first-order valence-electron chi connectivity index (χ1n) is 4.39. The van der Waals surface area contributed by atoms with Crippen LogP contribution in [0.3, 0.4) is 0 Å². The molecule has 86 valence electrons. The van der Waals surface area contributed by atoms with Gasteiger partial charge >= 0.3 is 0 Å². The highest BCUT2D eigenvalue weighted by Crippen LogP contribution is 2.32. The SMILES string of the molecule is CC(C)(C)n1ncc(C(F)F)c1C(F)F. The normalized spacial score (nSPS) is 12.9. The molecule has 0 spiro atoms.